The van der Waals surface area contributed by atoms with Gasteiger partial charge in [-0.15, -0.1) is 0 Å². The van der Waals surface area contributed by atoms with Crippen molar-refractivity contribution in [2.45, 2.75) is 64.0 Å². The minimum absolute atomic E-state index is 0.124. The van der Waals surface area contributed by atoms with E-state index in [0.29, 0.717) is 18.7 Å². The number of hydrogen-bond acceptors (Lipinski definition) is 4. The van der Waals surface area contributed by atoms with Crippen LogP contribution in [0.5, 0.6) is 5.75 Å². The highest BCUT2D eigenvalue weighted by atomic mass is 16.5. The first kappa shape index (κ1) is 22.0. The molecule has 2 saturated carbocycles. The fourth-order valence-corrected chi connectivity index (χ4v) is 5.33. The molecule has 0 saturated heterocycles. The number of aromatic nitrogens is 1. The predicted octanol–water partition coefficient (Wildman–Crippen LogP) is 5.80. The number of hydrogen-bond donors (Lipinski definition) is 3. The van der Waals surface area contributed by atoms with Gasteiger partial charge in [0.05, 0.1) is 23.5 Å². The molecule has 0 radical (unpaired) electrons. The van der Waals surface area contributed by atoms with E-state index in [4.69, 9.17) is 4.74 Å². The van der Waals surface area contributed by atoms with Crippen molar-refractivity contribution in [1.82, 2.24) is 15.3 Å². The molecule has 35 heavy (non-hydrogen) atoms. The van der Waals surface area contributed by atoms with E-state index in [-0.39, 0.29) is 6.03 Å². The largest absolute Gasteiger partial charge is 0.494 e. The molecule has 2 aromatic carbocycles. The van der Waals surface area contributed by atoms with Crippen LogP contribution in [0.2, 0.25) is 0 Å². The molecule has 2 heterocycles. The zero-order valence-corrected chi connectivity index (χ0v) is 20.3. The Morgan fingerprint density at radius 3 is 2.54 bits per heavy atom. The molecule has 182 valence electrons. The van der Waals surface area contributed by atoms with E-state index < -0.39 is 0 Å². The molecule has 1 aromatic heterocycles. The van der Waals surface area contributed by atoms with E-state index in [1.165, 1.54) is 47.8 Å². The minimum Gasteiger partial charge on any atom is -0.494 e. The lowest BCUT2D eigenvalue weighted by Crippen LogP contribution is -2.41. The molecule has 3 aliphatic rings. The molecule has 0 atom stereocenters. The van der Waals surface area contributed by atoms with Crippen molar-refractivity contribution in [2.24, 2.45) is 5.10 Å². The van der Waals surface area contributed by atoms with Gasteiger partial charge in [0.2, 0.25) is 0 Å². The van der Waals surface area contributed by atoms with Gasteiger partial charge in [-0.3, -0.25) is 0 Å². The van der Waals surface area contributed by atoms with E-state index in [0.717, 1.165) is 48.5 Å². The zero-order chi connectivity index (χ0) is 23.8. The summed E-state index contributed by atoms with van der Waals surface area (Å²) in [6.45, 7) is 3.53. The van der Waals surface area contributed by atoms with Gasteiger partial charge in [-0.1, -0.05) is 12.1 Å². The van der Waals surface area contributed by atoms with Crippen LogP contribution in [0, 0.1) is 0 Å². The van der Waals surface area contributed by atoms with Gasteiger partial charge < -0.3 is 25.4 Å². The van der Waals surface area contributed by atoms with E-state index in [2.05, 4.69) is 56.1 Å². The van der Waals surface area contributed by atoms with Crippen molar-refractivity contribution in [2.75, 3.05) is 18.5 Å². The number of urea groups is 1. The second kappa shape index (κ2) is 9.29. The summed E-state index contributed by atoms with van der Waals surface area (Å²) in [4.78, 5) is 12.3. The van der Waals surface area contributed by atoms with Crippen LogP contribution >= 0.6 is 0 Å². The fourth-order valence-electron chi connectivity index (χ4n) is 5.33. The Morgan fingerprint density at radius 1 is 1.11 bits per heavy atom. The highest BCUT2D eigenvalue weighted by molar-refractivity contribution is 6.16. The molecular formula is C28H33N5O2. The van der Waals surface area contributed by atoms with E-state index in [1.807, 2.05) is 19.1 Å². The van der Waals surface area contributed by atoms with E-state index in [1.54, 1.807) is 0 Å². The number of carbonyl (C=O) groups excluding carboxylic acids is 1. The molecule has 7 heteroatoms. The number of benzene rings is 2. The molecule has 0 spiro atoms. The number of anilines is 1. The van der Waals surface area contributed by atoms with Crippen molar-refractivity contribution in [1.29, 1.82) is 0 Å². The fraction of sp³-hybridized carbons (Fsp3) is 0.429. The van der Waals surface area contributed by atoms with E-state index in [9.17, 15) is 4.79 Å². The first-order valence-corrected chi connectivity index (χ1v) is 13.0. The maximum Gasteiger partial charge on any atom is 0.319 e. The van der Waals surface area contributed by atoms with Gasteiger partial charge in [0.15, 0.2) is 0 Å². The molecule has 0 bridgehead atoms. The van der Waals surface area contributed by atoms with Crippen molar-refractivity contribution in [3.8, 4) is 17.0 Å². The van der Waals surface area contributed by atoms with Crippen LogP contribution in [-0.2, 0) is 0 Å². The lowest BCUT2D eigenvalue weighted by Gasteiger charge is -2.30. The first-order chi connectivity index (χ1) is 17.2. The third kappa shape index (κ3) is 4.13. The minimum atomic E-state index is -0.124. The molecule has 3 aromatic rings. The average Bonchev–Trinajstić information content (AvgIpc) is 3.43. The average molecular weight is 472 g/mol. The Bertz CT molecular complexity index is 1270. The predicted molar refractivity (Wildman–Crippen MR) is 140 cm³/mol. The van der Waals surface area contributed by atoms with Crippen molar-refractivity contribution in [3.63, 3.8) is 0 Å². The second-order valence-corrected chi connectivity index (χ2v) is 9.81. The summed E-state index contributed by atoms with van der Waals surface area (Å²) in [5.41, 5.74) is 9.85. The summed E-state index contributed by atoms with van der Waals surface area (Å²) >= 11 is 0. The zero-order valence-electron chi connectivity index (χ0n) is 20.3. The number of fused-ring (bicyclic) bond motifs is 1. The molecule has 2 fully saturated rings. The molecule has 1 aliphatic heterocycles. The summed E-state index contributed by atoms with van der Waals surface area (Å²) in [5, 5.41) is 11.9. The topological polar surface area (TPSA) is 79.7 Å². The van der Waals surface area contributed by atoms with Crippen LogP contribution in [0.4, 0.5) is 10.5 Å². The Morgan fingerprint density at radius 2 is 1.91 bits per heavy atom. The van der Waals surface area contributed by atoms with Crippen molar-refractivity contribution >= 4 is 28.3 Å². The van der Waals surface area contributed by atoms with Gasteiger partial charge in [0, 0.05) is 47.8 Å². The van der Waals surface area contributed by atoms with Crippen LogP contribution in [0.15, 0.2) is 47.6 Å². The summed E-state index contributed by atoms with van der Waals surface area (Å²) in [6, 6.07) is 15.4. The number of rotatable bonds is 7. The lowest BCUT2D eigenvalue weighted by atomic mass is 9.91. The summed E-state index contributed by atoms with van der Waals surface area (Å²) in [6.07, 6.45) is 7.87. The van der Waals surface area contributed by atoms with Gasteiger partial charge in [0.25, 0.3) is 0 Å². The number of nitrogens with one attached hydrogen (secondary N) is 3. The molecule has 6 rings (SSSR count). The van der Waals surface area contributed by atoms with Crippen molar-refractivity contribution < 1.29 is 9.53 Å². The smallest absolute Gasteiger partial charge is 0.319 e. The number of ether oxygens (including phenoxy) is 1. The van der Waals surface area contributed by atoms with Gasteiger partial charge in [0.1, 0.15) is 5.75 Å². The Hall–Kier alpha value is -3.48. The van der Waals surface area contributed by atoms with Crippen molar-refractivity contribution in [3.05, 3.63) is 48.0 Å². The number of nitrogens with zero attached hydrogens (tertiary/aromatic N) is 2. The van der Waals surface area contributed by atoms with Gasteiger partial charge in [-0.25, -0.2) is 4.79 Å². The molecule has 3 N–H and O–H groups in total. The SMILES string of the molecule is CCOc1ccc2c(C3=NNCC3)c(-c3ccc(NC(=O)NC4CCC4)cc3)n(C3CCC3)c2c1. The van der Waals surface area contributed by atoms with Crippen LogP contribution < -0.4 is 20.8 Å². The summed E-state index contributed by atoms with van der Waals surface area (Å²) < 4.78 is 8.39. The summed E-state index contributed by atoms with van der Waals surface area (Å²) in [5.74, 6) is 0.902. The number of hydrazone groups is 1. The Kier molecular flexibility index (Phi) is 5.84. The highest BCUT2D eigenvalue weighted by Crippen LogP contribution is 2.44. The molecular weight excluding hydrogens is 438 g/mol. The quantitative estimate of drug-likeness (QED) is 0.407. The number of amides is 2. The normalized spacial score (nSPS) is 17.9. The van der Waals surface area contributed by atoms with Crippen LogP contribution in [-0.4, -0.2) is 35.5 Å². The van der Waals surface area contributed by atoms with Gasteiger partial charge in [-0.05, 0) is 75.3 Å². The van der Waals surface area contributed by atoms with E-state index >= 15 is 0 Å². The maximum atomic E-state index is 12.3. The van der Waals surface area contributed by atoms with Gasteiger partial charge >= 0.3 is 6.03 Å². The number of carbonyl (C=O) groups is 1. The molecule has 7 nitrogen and oxygen atoms in total. The standard InChI is InChI=1S/C28H33N5O2/c1-2-35-22-13-14-23-25(17-22)33(21-7-4-8-21)27(26(23)24-15-16-29-32-24)18-9-11-20(12-10-18)31-28(34)30-19-5-3-6-19/h9-14,17,19,21,29H,2-8,15-16H2,1H3,(H2,30,31,34). The third-order valence-electron chi connectivity index (χ3n) is 7.56. The molecule has 0 unspecified atom stereocenters. The van der Waals surface area contributed by atoms with Crippen LogP contribution in [0.3, 0.4) is 0 Å². The summed E-state index contributed by atoms with van der Waals surface area (Å²) in [7, 11) is 0. The first-order valence-electron chi connectivity index (χ1n) is 13.0. The maximum absolute atomic E-state index is 12.3. The Labute approximate surface area is 205 Å². The second-order valence-electron chi connectivity index (χ2n) is 9.81. The monoisotopic (exact) mass is 471 g/mol. The molecule has 2 aliphatic carbocycles. The van der Waals surface area contributed by atoms with Crippen LogP contribution in [0.1, 0.15) is 63.5 Å². The van der Waals surface area contributed by atoms with Gasteiger partial charge in [-0.2, -0.15) is 5.10 Å². The lowest BCUT2D eigenvalue weighted by molar-refractivity contribution is 0.240. The highest BCUT2D eigenvalue weighted by Gasteiger charge is 2.30. The molecule has 2 amide bonds. The van der Waals surface area contributed by atoms with Crippen LogP contribution in [0.25, 0.3) is 22.2 Å². The Balaban J connectivity index is 1.42. The third-order valence-corrected chi connectivity index (χ3v) is 7.56.